The van der Waals surface area contributed by atoms with Crippen molar-refractivity contribution in [3.63, 3.8) is 0 Å². The van der Waals surface area contributed by atoms with Crippen LogP contribution in [0.1, 0.15) is 16.1 Å². The molecule has 0 amide bonds. The topological polar surface area (TPSA) is 88.7 Å². The minimum atomic E-state index is -1.08. The van der Waals surface area contributed by atoms with Gasteiger partial charge in [-0.15, -0.1) is 0 Å². The van der Waals surface area contributed by atoms with Crippen LogP contribution in [0.4, 0.5) is 11.5 Å². The predicted molar refractivity (Wildman–Crippen MR) is 80.7 cm³/mol. The number of rotatable bonds is 5. The Hall–Kier alpha value is -2.76. The second-order valence-corrected chi connectivity index (χ2v) is 4.62. The summed E-state index contributed by atoms with van der Waals surface area (Å²) < 4.78 is 5.18. The van der Waals surface area contributed by atoms with Crippen molar-refractivity contribution >= 4 is 17.5 Å². The summed E-state index contributed by atoms with van der Waals surface area (Å²) in [6, 6.07) is 10.6. The summed E-state index contributed by atoms with van der Waals surface area (Å²) in [5.74, 6) is 0.130. The molecule has 0 aliphatic carbocycles. The molecule has 110 valence electrons. The van der Waals surface area contributed by atoms with E-state index in [0.717, 1.165) is 11.3 Å². The number of methoxy groups -OCH3 is 1. The van der Waals surface area contributed by atoms with Crippen LogP contribution in [0.3, 0.4) is 0 Å². The quantitative estimate of drug-likeness (QED) is 0.874. The van der Waals surface area contributed by atoms with Crippen LogP contribution in [0.15, 0.2) is 36.4 Å². The van der Waals surface area contributed by atoms with E-state index in [4.69, 9.17) is 15.6 Å². The molecule has 0 unspecified atom stereocenters. The third-order valence-electron chi connectivity index (χ3n) is 3.04. The lowest BCUT2D eigenvalue weighted by Gasteiger charge is -2.20. The minimum absolute atomic E-state index is 0.0308. The van der Waals surface area contributed by atoms with E-state index in [9.17, 15) is 4.79 Å². The number of carboxylic acid groups (broad SMARTS) is 1. The number of ether oxygens (including phenoxy) is 1. The molecule has 3 N–H and O–H groups in total. The van der Waals surface area contributed by atoms with E-state index in [-0.39, 0.29) is 5.69 Å². The zero-order valence-corrected chi connectivity index (χ0v) is 11.9. The molecule has 0 aliphatic rings. The lowest BCUT2D eigenvalue weighted by atomic mass is 10.2. The number of hydrogen-bond acceptors (Lipinski definition) is 5. The van der Waals surface area contributed by atoms with Crippen molar-refractivity contribution in [2.75, 3.05) is 24.8 Å². The van der Waals surface area contributed by atoms with Gasteiger partial charge in [-0.05, 0) is 29.8 Å². The highest BCUT2D eigenvalue weighted by Crippen LogP contribution is 2.22. The van der Waals surface area contributed by atoms with Gasteiger partial charge in [0.1, 0.15) is 5.75 Å². The first kappa shape index (κ1) is 14.6. The molecule has 0 saturated carbocycles. The molecule has 21 heavy (non-hydrogen) atoms. The Morgan fingerprint density at radius 2 is 2.14 bits per heavy atom. The molecule has 0 fully saturated rings. The Balaban J connectivity index is 2.25. The Morgan fingerprint density at radius 3 is 2.81 bits per heavy atom. The molecule has 0 atom stereocenters. The van der Waals surface area contributed by atoms with E-state index < -0.39 is 5.97 Å². The van der Waals surface area contributed by atoms with Crippen LogP contribution in [0.25, 0.3) is 0 Å². The molecule has 6 nitrogen and oxygen atoms in total. The smallest absolute Gasteiger partial charge is 0.354 e. The predicted octanol–water partition coefficient (Wildman–Crippen LogP) is 2.01. The van der Waals surface area contributed by atoms with E-state index in [0.29, 0.717) is 18.1 Å². The van der Waals surface area contributed by atoms with Crippen LogP contribution < -0.4 is 15.4 Å². The van der Waals surface area contributed by atoms with Gasteiger partial charge in [0.2, 0.25) is 0 Å². The Bertz CT molecular complexity index is 658. The molecule has 1 aromatic heterocycles. The largest absolute Gasteiger partial charge is 0.497 e. The van der Waals surface area contributed by atoms with Gasteiger partial charge in [0, 0.05) is 13.6 Å². The maximum atomic E-state index is 11.0. The second kappa shape index (κ2) is 6.13. The SMILES string of the molecule is COc1cccc(CN(C)c2nc(C(=O)O)ccc2N)c1. The highest BCUT2D eigenvalue weighted by molar-refractivity contribution is 5.86. The Kier molecular flexibility index (Phi) is 4.27. The molecule has 0 saturated heterocycles. The number of carbonyl (C=O) groups is 1. The fraction of sp³-hybridized carbons (Fsp3) is 0.200. The van der Waals surface area contributed by atoms with E-state index in [2.05, 4.69) is 4.98 Å². The minimum Gasteiger partial charge on any atom is -0.497 e. The standard InChI is InChI=1S/C15H17N3O3/c1-18(9-10-4-3-5-11(8-10)21-2)14-12(16)6-7-13(17-14)15(19)20/h3-8H,9,16H2,1-2H3,(H,19,20). The van der Waals surface area contributed by atoms with Crippen molar-refractivity contribution in [1.82, 2.24) is 4.98 Å². The van der Waals surface area contributed by atoms with Crippen LogP contribution in [0.2, 0.25) is 0 Å². The fourth-order valence-electron chi connectivity index (χ4n) is 2.00. The number of benzene rings is 1. The van der Waals surface area contributed by atoms with E-state index in [1.807, 2.05) is 31.3 Å². The molecule has 6 heteroatoms. The van der Waals surface area contributed by atoms with E-state index in [1.54, 1.807) is 18.1 Å². The van der Waals surface area contributed by atoms with Crippen molar-refractivity contribution in [2.45, 2.75) is 6.54 Å². The molecule has 2 aromatic rings. The van der Waals surface area contributed by atoms with Gasteiger partial charge in [-0.25, -0.2) is 9.78 Å². The molecular weight excluding hydrogens is 270 g/mol. The van der Waals surface area contributed by atoms with E-state index in [1.165, 1.54) is 6.07 Å². The average Bonchev–Trinajstić information content (AvgIpc) is 2.47. The number of nitrogens with zero attached hydrogens (tertiary/aromatic N) is 2. The number of aromatic nitrogens is 1. The lowest BCUT2D eigenvalue weighted by Crippen LogP contribution is -2.20. The molecule has 0 radical (unpaired) electrons. The monoisotopic (exact) mass is 287 g/mol. The molecule has 2 rings (SSSR count). The van der Waals surface area contributed by atoms with Gasteiger partial charge < -0.3 is 20.5 Å². The van der Waals surface area contributed by atoms with Crippen molar-refractivity contribution < 1.29 is 14.6 Å². The van der Waals surface area contributed by atoms with Crippen molar-refractivity contribution in [3.8, 4) is 5.75 Å². The number of aromatic carboxylic acids is 1. The van der Waals surface area contributed by atoms with Crippen LogP contribution in [0.5, 0.6) is 5.75 Å². The molecule has 1 aromatic carbocycles. The maximum absolute atomic E-state index is 11.0. The number of pyridine rings is 1. The van der Waals surface area contributed by atoms with Gasteiger partial charge in [-0.3, -0.25) is 0 Å². The van der Waals surface area contributed by atoms with E-state index >= 15 is 0 Å². The van der Waals surface area contributed by atoms with Gasteiger partial charge in [0.25, 0.3) is 0 Å². The molecular formula is C15H17N3O3. The average molecular weight is 287 g/mol. The van der Waals surface area contributed by atoms with Crippen molar-refractivity contribution in [1.29, 1.82) is 0 Å². The van der Waals surface area contributed by atoms with Gasteiger partial charge in [0.05, 0.1) is 12.8 Å². The fourth-order valence-corrected chi connectivity index (χ4v) is 2.00. The normalized spacial score (nSPS) is 10.2. The summed E-state index contributed by atoms with van der Waals surface area (Å²) in [6.45, 7) is 0.539. The first-order valence-electron chi connectivity index (χ1n) is 6.35. The zero-order chi connectivity index (χ0) is 15.4. The number of carboxylic acids is 1. The highest BCUT2D eigenvalue weighted by Gasteiger charge is 2.12. The molecule has 0 aliphatic heterocycles. The first-order valence-corrected chi connectivity index (χ1v) is 6.35. The van der Waals surface area contributed by atoms with Crippen LogP contribution in [-0.4, -0.2) is 30.2 Å². The summed E-state index contributed by atoms with van der Waals surface area (Å²) in [4.78, 5) is 16.9. The summed E-state index contributed by atoms with van der Waals surface area (Å²) in [5, 5.41) is 9.00. The van der Waals surface area contributed by atoms with Crippen LogP contribution in [0, 0.1) is 0 Å². The number of hydrogen-bond donors (Lipinski definition) is 2. The molecule has 0 spiro atoms. The van der Waals surface area contributed by atoms with Gasteiger partial charge in [0.15, 0.2) is 11.5 Å². The Labute approximate surface area is 122 Å². The number of nitrogen functional groups attached to an aromatic ring is 1. The number of nitrogens with two attached hydrogens (primary N) is 1. The first-order chi connectivity index (χ1) is 10.0. The molecule has 1 heterocycles. The van der Waals surface area contributed by atoms with Crippen molar-refractivity contribution in [2.24, 2.45) is 0 Å². The van der Waals surface area contributed by atoms with Crippen LogP contribution in [-0.2, 0) is 6.54 Å². The van der Waals surface area contributed by atoms with Crippen molar-refractivity contribution in [3.05, 3.63) is 47.7 Å². The summed E-state index contributed by atoms with van der Waals surface area (Å²) in [7, 11) is 3.42. The van der Waals surface area contributed by atoms with Gasteiger partial charge in [-0.1, -0.05) is 12.1 Å². The molecule has 0 bridgehead atoms. The summed E-state index contributed by atoms with van der Waals surface area (Å²) in [5.41, 5.74) is 7.30. The third kappa shape index (κ3) is 3.42. The summed E-state index contributed by atoms with van der Waals surface area (Å²) in [6.07, 6.45) is 0. The highest BCUT2D eigenvalue weighted by atomic mass is 16.5. The Morgan fingerprint density at radius 1 is 1.38 bits per heavy atom. The van der Waals surface area contributed by atoms with Gasteiger partial charge in [-0.2, -0.15) is 0 Å². The number of anilines is 2. The second-order valence-electron chi connectivity index (χ2n) is 4.62. The van der Waals surface area contributed by atoms with Gasteiger partial charge >= 0.3 is 5.97 Å². The van der Waals surface area contributed by atoms with Crippen LogP contribution >= 0.6 is 0 Å². The lowest BCUT2D eigenvalue weighted by molar-refractivity contribution is 0.0690. The third-order valence-corrected chi connectivity index (χ3v) is 3.04. The summed E-state index contributed by atoms with van der Waals surface area (Å²) >= 11 is 0. The maximum Gasteiger partial charge on any atom is 0.354 e. The zero-order valence-electron chi connectivity index (χ0n) is 11.9.